The van der Waals surface area contributed by atoms with E-state index in [-0.39, 0.29) is 0 Å². The maximum Gasteiger partial charge on any atom is 0.139 e. The van der Waals surface area contributed by atoms with Crippen LogP contribution in [0.15, 0.2) is 61.6 Å². The van der Waals surface area contributed by atoms with Crippen LogP contribution in [-0.4, -0.2) is 25.7 Å². The summed E-state index contributed by atoms with van der Waals surface area (Å²) in [5.74, 6) is 0.851. The van der Waals surface area contributed by atoms with Crippen molar-refractivity contribution in [3.05, 3.63) is 61.6 Å². The van der Waals surface area contributed by atoms with Gasteiger partial charge in [-0.2, -0.15) is 0 Å². The van der Waals surface area contributed by atoms with E-state index in [1.807, 2.05) is 35.0 Å². The van der Waals surface area contributed by atoms with Crippen LogP contribution < -0.4 is 0 Å². The van der Waals surface area contributed by atoms with E-state index < -0.39 is 6.10 Å². The fraction of sp³-hybridized carbons (Fsp3) is 0.176. The molecule has 1 unspecified atom stereocenters. The molecule has 1 N–H and O–H groups in total. The highest BCUT2D eigenvalue weighted by Gasteiger charge is 2.10. The molecule has 106 valence electrons. The van der Waals surface area contributed by atoms with Crippen LogP contribution in [0.25, 0.3) is 22.3 Å². The Bertz CT molecular complexity index is 763. The van der Waals surface area contributed by atoms with Gasteiger partial charge in [-0.05, 0) is 30.7 Å². The Morgan fingerprint density at radius 2 is 2.14 bits per heavy atom. The van der Waals surface area contributed by atoms with Crippen LogP contribution in [0.5, 0.6) is 0 Å². The van der Waals surface area contributed by atoms with Crippen molar-refractivity contribution in [2.24, 2.45) is 0 Å². The zero-order valence-electron chi connectivity index (χ0n) is 11.7. The van der Waals surface area contributed by atoms with E-state index in [0.717, 1.165) is 22.3 Å². The first kappa shape index (κ1) is 13.5. The van der Waals surface area contributed by atoms with E-state index in [4.69, 9.17) is 0 Å². The molecule has 1 atom stereocenters. The number of aliphatic hydroxyl groups is 1. The molecule has 0 fully saturated rings. The first-order chi connectivity index (χ1) is 10.3. The predicted octanol–water partition coefficient (Wildman–Crippen LogP) is 3.04. The van der Waals surface area contributed by atoms with E-state index >= 15 is 0 Å². The quantitative estimate of drug-likeness (QED) is 0.730. The Morgan fingerprint density at radius 1 is 1.24 bits per heavy atom. The molecular formula is C17H17N3O. The van der Waals surface area contributed by atoms with E-state index in [2.05, 4.69) is 22.6 Å². The molecule has 0 aliphatic heterocycles. The lowest BCUT2D eigenvalue weighted by atomic mass is 10.1. The van der Waals surface area contributed by atoms with Crippen molar-refractivity contribution in [2.75, 3.05) is 0 Å². The van der Waals surface area contributed by atoms with E-state index in [0.29, 0.717) is 13.0 Å². The smallest absolute Gasteiger partial charge is 0.139 e. The summed E-state index contributed by atoms with van der Waals surface area (Å²) in [7, 11) is 0. The molecule has 0 spiro atoms. The molecule has 0 amide bonds. The van der Waals surface area contributed by atoms with Gasteiger partial charge in [0.1, 0.15) is 5.82 Å². The lowest BCUT2D eigenvalue weighted by Gasteiger charge is -2.12. The van der Waals surface area contributed by atoms with Crippen LogP contribution in [0, 0.1) is 0 Å². The molecule has 0 saturated heterocycles. The Balaban J connectivity index is 1.95. The normalized spacial score (nSPS) is 12.4. The summed E-state index contributed by atoms with van der Waals surface area (Å²) in [4.78, 5) is 8.73. The second-order valence-electron chi connectivity index (χ2n) is 4.99. The highest BCUT2D eigenvalue weighted by molar-refractivity contribution is 5.83. The molecule has 1 aromatic carbocycles. The Morgan fingerprint density at radius 3 is 3.00 bits per heavy atom. The van der Waals surface area contributed by atoms with Crippen molar-refractivity contribution in [1.29, 1.82) is 0 Å². The van der Waals surface area contributed by atoms with Crippen LogP contribution in [0.3, 0.4) is 0 Å². The number of hydrogen-bond donors (Lipinski definition) is 1. The van der Waals surface area contributed by atoms with Gasteiger partial charge in [-0.25, -0.2) is 4.98 Å². The highest BCUT2D eigenvalue weighted by atomic mass is 16.3. The third kappa shape index (κ3) is 2.85. The van der Waals surface area contributed by atoms with Gasteiger partial charge in [-0.3, -0.25) is 4.98 Å². The van der Waals surface area contributed by atoms with Gasteiger partial charge in [0.05, 0.1) is 18.2 Å². The predicted molar refractivity (Wildman–Crippen MR) is 83.8 cm³/mol. The van der Waals surface area contributed by atoms with Crippen LogP contribution in [0.1, 0.15) is 6.42 Å². The van der Waals surface area contributed by atoms with E-state index in [1.54, 1.807) is 18.5 Å². The van der Waals surface area contributed by atoms with Gasteiger partial charge in [0.15, 0.2) is 0 Å². The van der Waals surface area contributed by atoms with Gasteiger partial charge >= 0.3 is 0 Å². The van der Waals surface area contributed by atoms with Crippen LogP contribution in [-0.2, 0) is 6.54 Å². The largest absolute Gasteiger partial charge is 0.391 e. The summed E-state index contributed by atoms with van der Waals surface area (Å²) in [6.07, 6.45) is 7.27. The third-order valence-corrected chi connectivity index (χ3v) is 3.42. The lowest BCUT2D eigenvalue weighted by Crippen LogP contribution is -2.15. The van der Waals surface area contributed by atoms with Crippen LogP contribution in [0.4, 0.5) is 0 Å². The molecule has 0 radical (unpaired) electrons. The molecule has 2 aromatic heterocycles. The number of rotatable bonds is 5. The molecule has 0 aliphatic rings. The summed E-state index contributed by atoms with van der Waals surface area (Å²) in [6, 6.07) is 10.0. The second kappa shape index (κ2) is 5.89. The van der Waals surface area contributed by atoms with E-state index in [1.165, 1.54) is 0 Å². The Hall–Kier alpha value is -2.46. The zero-order valence-corrected chi connectivity index (χ0v) is 11.7. The summed E-state index contributed by atoms with van der Waals surface area (Å²) >= 11 is 0. The second-order valence-corrected chi connectivity index (χ2v) is 4.99. The molecule has 4 heteroatoms. The van der Waals surface area contributed by atoms with E-state index in [9.17, 15) is 5.11 Å². The van der Waals surface area contributed by atoms with Crippen LogP contribution in [0.2, 0.25) is 0 Å². The fourth-order valence-electron chi connectivity index (χ4n) is 2.43. The number of fused-ring (bicyclic) bond motifs is 1. The average molecular weight is 279 g/mol. The standard InChI is InChI=1S/C17H17N3O/c1-2-4-15(21)12-20-10-9-19-17(20)14-6-7-16-13(11-14)5-3-8-18-16/h2-3,5-11,15,21H,1,4,12H2. The number of aromatic nitrogens is 3. The first-order valence-corrected chi connectivity index (χ1v) is 6.93. The summed E-state index contributed by atoms with van der Waals surface area (Å²) in [6.45, 7) is 4.16. The molecule has 2 heterocycles. The Labute approximate surface area is 123 Å². The maximum absolute atomic E-state index is 9.93. The molecule has 21 heavy (non-hydrogen) atoms. The van der Waals surface area contributed by atoms with Gasteiger partial charge in [0.25, 0.3) is 0 Å². The number of pyridine rings is 1. The van der Waals surface area contributed by atoms with Crippen molar-refractivity contribution in [2.45, 2.75) is 19.1 Å². The van der Waals surface area contributed by atoms with Crippen molar-refractivity contribution in [3.63, 3.8) is 0 Å². The minimum absolute atomic E-state index is 0.447. The maximum atomic E-state index is 9.93. The summed E-state index contributed by atoms with van der Waals surface area (Å²) in [5.41, 5.74) is 1.98. The highest BCUT2D eigenvalue weighted by Crippen LogP contribution is 2.22. The minimum Gasteiger partial charge on any atom is -0.391 e. The Kier molecular flexibility index (Phi) is 3.79. The fourth-order valence-corrected chi connectivity index (χ4v) is 2.43. The summed E-state index contributed by atoms with van der Waals surface area (Å²) in [5, 5.41) is 11.0. The number of hydrogen-bond acceptors (Lipinski definition) is 3. The zero-order chi connectivity index (χ0) is 14.7. The van der Waals surface area contributed by atoms with Crippen molar-refractivity contribution in [1.82, 2.24) is 14.5 Å². The van der Waals surface area contributed by atoms with Crippen molar-refractivity contribution >= 4 is 10.9 Å². The first-order valence-electron chi connectivity index (χ1n) is 6.93. The molecule has 0 saturated carbocycles. The third-order valence-electron chi connectivity index (χ3n) is 3.42. The molecule has 4 nitrogen and oxygen atoms in total. The van der Waals surface area contributed by atoms with Gasteiger partial charge in [0, 0.05) is 29.5 Å². The van der Waals surface area contributed by atoms with Gasteiger partial charge in [0.2, 0.25) is 0 Å². The van der Waals surface area contributed by atoms with Gasteiger partial charge in [-0.1, -0.05) is 12.1 Å². The van der Waals surface area contributed by atoms with Crippen LogP contribution >= 0.6 is 0 Å². The number of aliphatic hydroxyl groups excluding tert-OH is 1. The molecular weight excluding hydrogens is 262 g/mol. The number of benzene rings is 1. The summed E-state index contributed by atoms with van der Waals surface area (Å²) < 4.78 is 1.96. The van der Waals surface area contributed by atoms with Crippen molar-refractivity contribution in [3.8, 4) is 11.4 Å². The molecule has 0 bridgehead atoms. The van der Waals surface area contributed by atoms with Crippen molar-refractivity contribution < 1.29 is 5.11 Å². The average Bonchev–Trinajstić information content (AvgIpc) is 2.95. The lowest BCUT2D eigenvalue weighted by molar-refractivity contribution is 0.158. The molecule has 0 aliphatic carbocycles. The number of imidazole rings is 1. The topological polar surface area (TPSA) is 50.9 Å². The van der Waals surface area contributed by atoms with Gasteiger partial charge < -0.3 is 9.67 Å². The number of nitrogens with zero attached hydrogens (tertiary/aromatic N) is 3. The van der Waals surface area contributed by atoms with Gasteiger partial charge in [-0.15, -0.1) is 6.58 Å². The monoisotopic (exact) mass is 279 g/mol. The SMILES string of the molecule is C=CCC(O)Cn1ccnc1-c1ccc2ncccc2c1. The molecule has 3 rings (SSSR count). The minimum atomic E-state index is -0.447. The molecule has 3 aromatic rings.